The van der Waals surface area contributed by atoms with Crippen LogP contribution in [0.3, 0.4) is 0 Å². The first-order valence-corrected chi connectivity index (χ1v) is 7.19. The molecule has 1 aromatic rings. The number of nitrogens with one attached hydrogen (secondary N) is 1. The first-order chi connectivity index (χ1) is 10.2. The lowest BCUT2D eigenvalue weighted by Gasteiger charge is -2.33. The normalized spacial score (nSPS) is 29.5. The highest BCUT2D eigenvalue weighted by Gasteiger charge is 2.50. The van der Waals surface area contributed by atoms with E-state index in [1.807, 2.05) is 31.3 Å². The molecule has 3 rings (SSSR count). The van der Waals surface area contributed by atoms with Crippen LogP contribution in [-0.2, 0) is 12.0 Å². The van der Waals surface area contributed by atoms with E-state index in [-0.39, 0.29) is 6.10 Å². The van der Waals surface area contributed by atoms with E-state index in [0.29, 0.717) is 6.42 Å². The van der Waals surface area contributed by atoms with Gasteiger partial charge in [0.2, 0.25) is 0 Å². The average molecular weight is 287 g/mol. The number of hydrogen-bond acceptors (Lipinski definition) is 4. The molecule has 1 aliphatic carbocycles. The van der Waals surface area contributed by atoms with Crippen molar-refractivity contribution in [3.63, 3.8) is 0 Å². The van der Waals surface area contributed by atoms with Crippen LogP contribution in [0.5, 0.6) is 11.5 Å². The number of rotatable bonds is 4. The van der Waals surface area contributed by atoms with Gasteiger partial charge >= 0.3 is 0 Å². The average Bonchev–Trinajstić information content (AvgIpc) is 2.83. The quantitative estimate of drug-likeness (QED) is 0.831. The molecule has 0 spiro atoms. The van der Waals surface area contributed by atoms with Gasteiger partial charge in [-0.05, 0) is 18.7 Å². The van der Waals surface area contributed by atoms with Gasteiger partial charge in [-0.2, -0.15) is 0 Å². The molecule has 0 aromatic heterocycles. The molecule has 1 aliphatic heterocycles. The minimum absolute atomic E-state index is 0.142. The number of ether oxygens (including phenoxy) is 2. The summed E-state index contributed by atoms with van der Waals surface area (Å²) in [6, 6.07) is 3.99. The zero-order valence-electron chi connectivity index (χ0n) is 12.4. The molecule has 0 saturated carbocycles. The van der Waals surface area contributed by atoms with Crippen LogP contribution in [-0.4, -0.2) is 31.5 Å². The second-order valence-electron chi connectivity index (χ2n) is 5.57. The molecular weight excluding hydrogens is 266 g/mol. The minimum Gasteiger partial charge on any atom is -0.493 e. The highest BCUT2D eigenvalue weighted by Crippen LogP contribution is 2.53. The lowest BCUT2D eigenvalue weighted by molar-refractivity contribution is 0.101. The van der Waals surface area contributed by atoms with Crippen molar-refractivity contribution >= 4 is 0 Å². The largest absolute Gasteiger partial charge is 0.493 e. The van der Waals surface area contributed by atoms with Crippen molar-refractivity contribution in [3.05, 3.63) is 48.1 Å². The van der Waals surface area contributed by atoms with E-state index in [0.717, 1.165) is 29.2 Å². The third-order valence-corrected chi connectivity index (χ3v) is 4.41. The van der Waals surface area contributed by atoms with Gasteiger partial charge in [-0.15, -0.1) is 6.58 Å². The monoisotopic (exact) mass is 287 g/mol. The Morgan fingerprint density at radius 3 is 3.05 bits per heavy atom. The van der Waals surface area contributed by atoms with Gasteiger partial charge in [0.05, 0.1) is 18.6 Å². The third kappa shape index (κ3) is 1.98. The molecule has 1 heterocycles. The summed E-state index contributed by atoms with van der Waals surface area (Å²) < 4.78 is 11.6. The standard InChI is InChI=1S/C17H21NO3/c1-4-17-8-7-12(19)9-14(17)21-16-13(20-3)6-5-11(10-18-2)15(16)17/h4-8,12,14,18-19H,1,9-10H2,2-3H3/t12-,14?,17+/m0/s1. The highest BCUT2D eigenvalue weighted by atomic mass is 16.5. The predicted molar refractivity (Wildman–Crippen MR) is 81.8 cm³/mol. The van der Waals surface area contributed by atoms with Crippen LogP contribution < -0.4 is 14.8 Å². The first-order valence-electron chi connectivity index (χ1n) is 7.19. The van der Waals surface area contributed by atoms with Crippen molar-refractivity contribution in [2.75, 3.05) is 14.2 Å². The zero-order valence-corrected chi connectivity index (χ0v) is 12.4. The van der Waals surface area contributed by atoms with E-state index < -0.39 is 11.5 Å². The third-order valence-electron chi connectivity index (χ3n) is 4.41. The number of aliphatic hydroxyl groups is 1. The number of fused-ring (bicyclic) bond motifs is 3. The fourth-order valence-electron chi connectivity index (χ4n) is 3.40. The number of benzene rings is 1. The summed E-state index contributed by atoms with van der Waals surface area (Å²) in [5, 5.41) is 13.1. The predicted octanol–water partition coefficient (Wildman–Crippen LogP) is 1.92. The molecule has 0 fully saturated rings. The Bertz CT molecular complexity index is 596. The van der Waals surface area contributed by atoms with Crippen LogP contribution in [0.25, 0.3) is 0 Å². The number of methoxy groups -OCH3 is 1. The Hall–Kier alpha value is -1.78. The van der Waals surface area contributed by atoms with Gasteiger partial charge in [0.1, 0.15) is 6.10 Å². The van der Waals surface area contributed by atoms with E-state index in [1.165, 1.54) is 0 Å². The van der Waals surface area contributed by atoms with Gasteiger partial charge in [-0.1, -0.05) is 24.3 Å². The van der Waals surface area contributed by atoms with Crippen molar-refractivity contribution < 1.29 is 14.6 Å². The van der Waals surface area contributed by atoms with Gasteiger partial charge in [0.15, 0.2) is 11.5 Å². The summed E-state index contributed by atoms with van der Waals surface area (Å²) >= 11 is 0. The van der Waals surface area contributed by atoms with E-state index in [2.05, 4.69) is 18.0 Å². The van der Waals surface area contributed by atoms with Crippen LogP contribution in [0.2, 0.25) is 0 Å². The second kappa shape index (κ2) is 5.20. The summed E-state index contributed by atoms with van der Waals surface area (Å²) in [4.78, 5) is 0. The van der Waals surface area contributed by atoms with Crippen molar-refractivity contribution in [1.82, 2.24) is 5.32 Å². The molecule has 0 amide bonds. The smallest absolute Gasteiger partial charge is 0.166 e. The van der Waals surface area contributed by atoms with E-state index in [1.54, 1.807) is 7.11 Å². The molecule has 4 nitrogen and oxygen atoms in total. The van der Waals surface area contributed by atoms with Crippen molar-refractivity contribution in [1.29, 1.82) is 0 Å². The van der Waals surface area contributed by atoms with Crippen molar-refractivity contribution in [2.45, 2.75) is 30.6 Å². The van der Waals surface area contributed by atoms with Gasteiger partial charge < -0.3 is 19.9 Å². The fraction of sp³-hybridized carbons (Fsp3) is 0.412. The topological polar surface area (TPSA) is 50.7 Å². The van der Waals surface area contributed by atoms with E-state index >= 15 is 0 Å². The van der Waals surface area contributed by atoms with Crippen molar-refractivity contribution in [3.8, 4) is 11.5 Å². The van der Waals surface area contributed by atoms with Crippen LogP contribution >= 0.6 is 0 Å². The molecule has 21 heavy (non-hydrogen) atoms. The fourth-order valence-corrected chi connectivity index (χ4v) is 3.40. The lowest BCUT2D eigenvalue weighted by atomic mass is 9.70. The SMILES string of the molecule is C=C[C@@]12C=C[C@H](O)CC1Oc1c(OC)ccc(CNC)c12. The van der Waals surface area contributed by atoms with Crippen LogP contribution in [0.15, 0.2) is 36.9 Å². The molecular formula is C17H21NO3. The Labute approximate surface area is 125 Å². The summed E-state index contributed by atoms with van der Waals surface area (Å²) in [6.07, 6.45) is 5.71. The summed E-state index contributed by atoms with van der Waals surface area (Å²) in [5.74, 6) is 1.50. The minimum atomic E-state index is -0.476. The Morgan fingerprint density at radius 2 is 2.38 bits per heavy atom. The van der Waals surface area contributed by atoms with Crippen LogP contribution in [0.1, 0.15) is 17.5 Å². The Balaban J connectivity index is 2.22. The number of hydrogen-bond donors (Lipinski definition) is 2. The van der Waals surface area contributed by atoms with Gasteiger partial charge in [0.25, 0.3) is 0 Å². The zero-order chi connectivity index (χ0) is 15.0. The van der Waals surface area contributed by atoms with E-state index in [4.69, 9.17) is 9.47 Å². The highest BCUT2D eigenvalue weighted by molar-refractivity contribution is 5.62. The van der Waals surface area contributed by atoms with Gasteiger partial charge in [-0.25, -0.2) is 0 Å². The molecule has 1 unspecified atom stereocenters. The van der Waals surface area contributed by atoms with Crippen molar-refractivity contribution in [2.24, 2.45) is 0 Å². The van der Waals surface area contributed by atoms with Crippen LogP contribution in [0.4, 0.5) is 0 Å². The van der Waals surface area contributed by atoms with Crippen LogP contribution in [0, 0.1) is 0 Å². The lowest BCUT2D eigenvalue weighted by Crippen LogP contribution is -2.40. The Kier molecular flexibility index (Phi) is 3.51. The molecule has 3 atom stereocenters. The molecule has 4 heteroatoms. The molecule has 0 radical (unpaired) electrons. The number of aliphatic hydroxyl groups excluding tert-OH is 1. The molecule has 2 N–H and O–H groups in total. The second-order valence-corrected chi connectivity index (χ2v) is 5.57. The molecule has 2 aliphatic rings. The molecule has 112 valence electrons. The summed E-state index contributed by atoms with van der Waals surface area (Å²) in [6.45, 7) is 4.77. The molecule has 1 aromatic carbocycles. The first kappa shape index (κ1) is 14.2. The van der Waals surface area contributed by atoms with Gasteiger partial charge in [0, 0.05) is 18.5 Å². The van der Waals surface area contributed by atoms with E-state index in [9.17, 15) is 5.11 Å². The maximum absolute atomic E-state index is 9.90. The molecule has 0 bridgehead atoms. The maximum Gasteiger partial charge on any atom is 0.166 e. The summed E-state index contributed by atoms with van der Waals surface area (Å²) in [7, 11) is 3.56. The van der Waals surface area contributed by atoms with Gasteiger partial charge in [-0.3, -0.25) is 0 Å². The maximum atomic E-state index is 9.90. The molecule has 0 saturated heterocycles. The summed E-state index contributed by atoms with van der Waals surface area (Å²) in [5.41, 5.74) is 1.87. The Morgan fingerprint density at radius 1 is 1.57 bits per heavy atom.